The molecule has 5 atom stereocenters. The number of amides is 3. The fourth-order valence-electron chi connectivity index (χ4n) is 5.43. The van der Waals surface area contributed by atoms with Crippen LogP contribution < -0.4 is 5.32 Å². The van der Waals surface area contributed by atoms with Gasteiger partial charge in [-0.3, -0.25) is 29.4 Å². The van der Waals surface area contributed by atoms with Crippen molar-refractivity contribution < 1.29 is 19.3 Å². The Hall–Kier alpha value is -3.81. The molecule has 0 spiro atoms. The maximum atomic E-state index is 13.4. The summed E-state index contributed by atoms with van der Waals surface area (Å²) in [6.45, 7) is 1.94. The number of carbonyl (C=O) groups is 3. The predicted octanol–water partition coefficient (Wildman–Crippen LogP) is 3.78. The van der Waals surface area contributed by atoms with Crippen LogP contribution in [0, 0.1) is 40.7 Å². The number of non-ortho nitro benzene ring substituents is 1. The van der Waals surface area contributed by atoms with Gasteiger partial charge >= 0.3 is 0 Å². The van der Waals surface area contributed by atoms with E-state index in [0.717, 1.165) is 17.5 Å². The molecule has 3 aliphatic rings. The minimum atomic E-state index is -0.714. The summed E-state index contributed by atoms with van der Waals surface area (Å²) < 4.78 is 0. The zero-order valence-corrected chi connectivity index (χ0v) is 18.0. The summed E-state index contributed by atoms with van der Waals surface area (Å²) >= 11 is 0. The molecule has 8 heteroatoms. The Bertz CT molecular complexity index is 1140. The summed E-state index contributed by atoms with van der Waals surface area (Å²) in [5.41, 5.74) is 2.09. The van der Waals surface area contributed by atoms with E-state index in [1.165, 1.54) is 29.2 Å². The highest BCUT2D eigenvalue weighted by Crippen LogP contribution is 2.54. The van der Waals surface area contributed by atoms with E-state index in [2.05, 4.69) is 5.32 Å². The summed E-state index contributed by atoms with van der Waals surface area (Å²) in [6, 6.07) is 12.3. The van der Waals surface area contributed by atoms with Crippen LogP contribution in [0.25, 0.3) is 0 Å². The zero-order chi connectivity index (χ0) is 23.3. The first-order valence-electron chi connectivity index (χ1n) is 11.0. The molecule has 0 aromatic heterocycles. The molecule has 5 rings (SSSR count). The Morgan fingerprint density at radius 1 is 1.03 bits per heavy atom. The Labute approximate surface area is 190 Å². The van der Waals surface area contributed by atoms with Crippen molar-refractivity contribution in [3.8, 4) is 0 Å². The predicted molar refractivity (Wildman–Crippen MR) is 120 cm³/mol. The van der Waals surface area contributed by atoms with Gasteiger partial charge in [0, 0.05) is 17.8 Å². The molecule has 2 aliphatic carbocycles. The smallest absolute Gasteiger partial charge is 0.269 e. The van der Waals surface area contributed by atoms with Crippen LogP contribution in [-0.4, -0.2) is 27.5 Å². The number of benzene rings is 2. The molecule has 168 valence electrons. The van der Waals surface area contributed by atoms with Crippen molar-refractivity contribution >= 4 is 29.1 Å². The van der Waals surface area contributed by atoms with E-state index in [9.17, 15) is 24.5 Å². The second-order valence-electron chi connectivity index (χ2n) is 9.03. The highest BCUT2D eigenvalue weighted by Gasteiger charge is 2.60. The van der Waals surface area contributed by atoms with Crippen molar-refractivity contribution in [2.45, 2.75) is 25.8 Å². The normalized spacial score (nSPS) is 25.9. The molecular formula is C25H23N3O5. The molecule has 1 saturated heterocycles. The molecule has 1 N–H and O–H groups in total. The van der Waals surface area contributed by atoms with Crippen molar-refractivity contribution in [2.24, 2.45) is 23.7 Å². The number of allylic oxidation sites excluding steroid dienone is 2. The van der Waals surface area contributed by atoms with Gasteiger partial charge in [-0.25, -0.2) is 0 Å². The molecule has 2 aromatic rings. The molecule has 33 heavy (non-hydrogen) atoms. The topological polar surface area (TPSA) is 110 Å². The fourth-order valence-corrected chi connectivity index (χ4v) is 5.43. The number of anilines is 1. The number of likely N-dealkylation sites (tertiary alicyclic amines) is 1. The summed E-state index contributed by atoms with van der Waals surface area (Å²) in [5, 5.41) is 13.6. The van der Waals surface area contributed by atoms with Crippen LogP contribution in [0.15, 0.2) is 60.7 Å². The van der Waals surface area contributed by atoms with Gasteiger partial charge in [0.05, 0.1) is 29.2 Å². The van der Waals surface area contributed by atoms with E-state index in [0.29, 0.717) is 5.69 Å². The lowest BCUT2D eigenvalue weighted by molar-refractivity contribution is -0.384. The number of nitro benzene ring substituents is 1. The lowest BCUT2D eigenvalue weighted by Crippen LogP contribution is -2.38. The van der Waals surface area contributed by atoms with Crippen molar-refractivity contribution in [2.75, 3.05) is 5.32 Å². The Morgan fingerprint density at radius 2 is 1.61 bits per heavy atom. The van der Waals surface area contributed by atoms with Crippen molar-refractivity contribution in [3.05, 3.63) is 81.9 Å². The van der Waals surface area contributed by atoms with Crippen molar-refractivity contribution in [1.29, 1.82) is 0 Å². The molecule has 3 amide bonds. The molecule has 2 bridgehead atoms. The third-order valence-corrected chi connectivity index (χ3v) is 7.02. The highest BCUT2D eigenvalue weighted by molar-refractivity contribution is 6.07. The minimum Gasteiger partial charge on any atom is -0.326 e. The fraction of sp³-hybridized carbons (Fsp3) is 0.320. The van der Waals surface area contributed by atoms with Gasteiger partial charge in [-0.15, -0.1) is 0 Å². The van der Waals surface area contributed by atoms with Gasteiger partial charge in [0.1, 0.15) is 0 Å². The number of rotatable bonds is 6. The van der Waals surface area contributed by atoms with Crippen LogP contribution in [0.5, 0.6) is 0 Å². The number of aryl methyl sites for hydroxylation is 1. The third-order valence-electron chi connectivity index (χ3n) is 7.02. The van der Waals surface area contributed by atoms with Gasteiger partial charge in [-0.2, -0.15) is 0 Å². The summed E-state index contributed by atoms with van der Waals surface area (Å²) in [7, 11) is 0. The largest absolute Gasteiger partial charge is 0.326 e. The molecular weight excluding hydrogens is 422 g/mol. The van der Waals surface area contributed by atoms with Crippen LogP contribution in [0.4, 0.5) is 11.4 Å². The quantitative estimate of drug-likeness (QED) is 0.315. The summed E-state index contributed by atoms with van der Waals surface area (Å²) in [6.07, 6.45) is 4.83. The summed E-state index contributed by atoms with van der Waals surface area (Å²) in [4.78, 5) is 51.3. The molecule has 5 unspecified atom stereocenters. The van der Waals surface area contributed by atoms with E-state index < -0.39 is 11.0 Å². The van der Waals surface area contributed by atoms with Gasteiger partial charge in [-0.05, 0) is 42.9 Å². The maximum absolute atomic E-state index is 13.4. The Morgan fingerprint density at radius 3 is 2.15 bits per heavy atom. The number of hydrogen-bond acceptors (Lipinski definition) is 5. The summed E-state index contributed by atoms with van der Waals surface area (Å²) in [5.74, 6) is -1.27. The SMILES string of the molecule is Cc1ccc(C(CC(=O)Nc2ccc([N+](=O)[O-])cc2)N2C(=O)C3C4C=CC(C4)C3C2=O)cc1. The average molecular weight is 445 g/mol. The number of nitrogens with one attached hydrogen (secondary N) is 1. The van der Waals surface area contributed by atoms with Crippen LogP contribution in [0.3, 0.4) is 0 Å². The van der Waals surface area contributed by atoms with Crippen molar-refractivity contribution in [1.82, 2.24) is 4.90 Å². The number of nitrogens with zero attached hydrogens (tertiary/aromatic N) is 2. The highest BCUT2D eigenvalue weighted by atomic mass is 16.6. The Kier molecular flexibility index (Phi) is 5.08. The molecule has 2 fully saturated rings. The molecule has 1 saturated carbocycles. The Balaban J connectivity index is 1.40. The van der Waals surface area contributed by atoms with Crippen LogP contribution in [0.2, 0.25) is 0 Å². The first-order chi connectivity index (χ1) is 15.8. The van der Waals surface area contributed by atoms with E-state index in [4.69, 9.17) is 0 Å². The molecule has 2 aromatic carbocycles. The minimum absolute atomic E-state index is 0.0754. The van der Waals surface area contributed by atoms with E-state index >= 15 is 0 Å². The maximum Gasteiger partial charge on any atom is 0.269 e. The van der Waals surface area contributed by atoms with Gasteiger partial charge in [0.15, 0.2) is 0 Å². The molecule has 1 heterocycles. The third kappa shape index (κ3) is 3.61. The van der Waals surface area contributed by atoms with Gasteiger partial charge in [-0.1, -0.05) is 42.0 Å². The van der Waals surface area contributed by atoms with Crippen LogP contribution in [0.1, 0.15) is 30.0 Å². The van der Waals surface area contributed by atoms with Gasteiger partial charge < -0.3 is 5.32 Å². The second-order valence-corrected chi connectivity index (χ2v) is 9.03. The van der Waals surface area contributed by atoms with Crippen molar-refractivity contribution in [3.63, 3.8) is 0 Å². The number of hydrogen-bond donors (Lipinski definition) is 1. The first kappa shape index (κ1) is 21.1. The van der Waals surface area contributed by atoms with Crippen LogP contribution in [-0.2, 0) is 14.4 Å². The molecule has 0 radical (unpaired) electrons. The number of imide groups is 1. The monoisotopic (exact) mass is 445 g/mol. The van der Waals surface area contributed by atoms with E-state index in [1.54, 1.807) is 0 Å². The van der Waals surface area contributed by atoms with Gasteiger partial charge in [0.25, 0.3) is 5.69 Å². The van der Waals surface area contributed by atoms with E-state index in [-0.39, 0.29) is 53.5 Å². The standard InChI is InChI=1S/C25H23N3O5/c1-14-2-4-15(5-3-14)20(13-21(29)26-18-8-10-19(11-9-18)28(32)33)27-24(30)22-16-6-7-17(12-16)23(22)25(27)31/h2-11,16-17,20,22-23H,12-13H2,1H3,(H,26,29). The number of fused-ring (bicyclic) bond motifs is 5. The first-order valence-corrected chi connectivity index (χ1v) is 11.0. The molecule has 1 aliphatic heterocycles. The number of nitro groups is 1. The number of carbonyl (C=O) groups excluding carboxylic acids is 3. The average Bonchev–Trinajstić information content (AvgIpc) is 3.47. The molecule has 8 nitrogen and oxygen atoms in total. The second kappa shape index (κ2) is 7.95. The van der Waals surface area contributed by atoms with Gasteiger partial charge in [0.2, 0.25) is 17.7 Å². The zero-order valence-electron chi connectivity index (χ0n) is 18.0. The lowest BCUT2D eigenvalue weighted by atomic mass is 9.85. The lowest BCUT2D eigenvalue weighted by Gasteiger charge is -2.28. The van der Waals surface area contributed by atoms with E-state index in [1.807, 2.05) is 43.3 Å². The van der Waals surface area contributed by atoms with Crippen LogP contribution >= 0.6 is 0 Å².